The van der Waals surface area contributed by atoms with Crippen molar-refractivity contribution in [3.05, 3.63) is 113 Å². The summed E-state index contributed by atoms with van der Waals surface area (Å²) in [6.45, 7) is 2.95. The predicted octanol–water partition coefficient (Wildman–Crippen LogP) is 6.70. The summed E-state index contributed by atoms with van der Waals surface area (Å²) >= 11 is 0. The summed E-state index contributed by atoms with van der Waals surface area (Å²) in [5.74, 6) is -1.23. The molecule has 0 radical (unpaired) electrons. The van der Waals surface area contributed by atoms with Crippen molar-refractivity contribution in [2.45, 2.75) is 37.8 Å². The molecule has 3 atom stereocenters. The fourth-order valence-corrected chi connectivity index (χ4v) is 5.11. The average Bonchev–Trinajstić information content (AvgIpc) is 2.88. The maximum atomic E-state index is 14.0. The van der Waals surface area contributed by atoms with E-state index >= 15 is 0 Å². The van der Waals surface area contributed by atoms with Gasteiger partial charge in [-0.05, 0) is 66.4 Å². The number of carboxylic acid groups (broad SMARTS) is 1. The monoisotopic (exact) mass is 469 g/mol. The van der Waals surface area contributed by atoms with Crippen molar-refractivity contribution in [1.29, 1.82) is 0 Å². The molecule has 2 N–H and O–H groups in total. The van der Waals surface area contributed by atoms with Crippen molar-refractivity contribution in [2.75, 3.05) is 6.54 Å². The van der Waals surface area contributed by atoms with Crippen LogP contribution >= 0.6 is 0 Å². The molecular formula is C30H28FNO3. The molecule has 5 rings (SSSR count). The third-order valence-corrected chi connectivity index (χ3v) is 6.92. The molecular weight excluding hydrogens is 441 g/mol. The molecule has 1 heterocycles. The van der Waals surface area contributed by atoms with Crippen molar-refractivity contribution in [3.63, 3.8) is 0 Å². The van der Waals surface area contributed by atoms with Crippen LogP contribution in [0.1, 0.15) is 58.8 Å². The van der Waals surface area contributed by atoms with Gasteiger partial charge in [-0.25, -0.2) is 9.18 Å². The first-order valence-corrected chi connectivity index (χ1v) is 12.0. The van der Waals surface area contributed by atoms with Crippen molar-refractivity contribution < 1.29 is 19.0 Å². The third-order valence-electron chi connectivity index (χ3n) is 6.92. The molecule has 178 valence electrons. The van der Waals surface area contributed by atoms with Gasteiger partial charge in [0.05, 0.1) is 5.56 Å². The second-order valence-electron chi connectivity index (χ2n) is 9.14. The fourth-order valence-electron chi connectivity index (χ4n) is 5.11. The summed E-state index contributed by atoms with van der Waals surface area (Å²) in [5, 5.41) is 15.5. The normalized spacial score (nSPS) is 18.0. The number of ether oxygens (including phenoxy) is 1. The zero-order valence-corrected chi connectivity index (χ0v) is 19.6. The first-order chi connectivity index (χ1) is 17.0. The molecule has 0 saturated heterocycles. The van der Waals surface area contributed by atoms with E-state index in [0.29, 0.717) is 6.42 Å². The van der Waals surface area contributed by atoms with E-state index in [0.717, 1.165) is 29.8 Å². The van der Waals surface area contributed by atoms with E-state index in [9.17, 15) is 14.3 Å². The molecule has 0 spiro atoms. The zero-order valence-electron chi connectivity index (χ0n) is 19.6. The lowest BCUT2D eigenvalue weighted by molar-refractivity contribution is 0.0691. The van der Waals surface area contributed by atoms with E-state index in [1.165, 1.54) is 28.5 Å². The zero-order chi connectivity index (χ0) is 24.4. The number of para-hydroxylation sites is 1. The largest absolute Gasteiger partial charge is 0.490 e. The molecule has 1 aliphatic rings. The first kappa shape index (κ1) is 23.1. The molecule has 0 amide bonds. The lowest BCUT2D eigenvalue weighted by Crippen LogP contribution is -2.31. The standard InChI is InChI=1S/C30H28FNO3/c1-19(23-11-6-8-20-7-2-3-9-24(20)23)32-16-15-22-18-26(25-10-4-5-12-29(25)35-22)21-13-14-28(31)27(17-21)30(33)34/h2-14,17,19,22,26,32H,15-16,18H2,1H3,(H,33,34). The Morgan fingerprint density at radius 2 is 1.83 bits per heavy atom. The number of fused-ring (bicyclic) bond motifs is 2. The molecule has 0 fully saturated rings. The van der Waals surface area contributed by atoms with Crippen LogP contribution in [0.3, 0.4) is 0 Å². The van der Waals surface area contributed by atoms with Crippen LogP contribution in [0.5, 0.6) is 5.75 Å². The summed E-state index contributed by atoms with van der Waals surface area (Å²) in [6, 6.07) is 27.2. The van der Waals surface area contributed by atoms with Gasteiger partial charge in [0.15, 0.2) is 0 Å². The van der Waals surface area contributed by atoms with E-state index in [-0.39, 0.29) is 23.6 Å². The molecule has 1 aliphatic heterocycles. The second-order valence-corrected chi connectivity index (χ2v) is 9.14. The molecule has 4 aromatic carbocycles. The summed E-state index contributed by atoms with van der Waals surface area (Å²) < 4.78 is 20.3. The maximum absolute atomic E-state index is 14.0. The van der Waals surface area contributed by atoms with Gasteiger partial charge >= 0.3 is 5.97 Å². The SMILES string of the molecule is CC(NCCC1CC(c2ccc(F)c(C(=O)O)c2)c2ccccc2O1)c1cccc2ccccc12. The Balaban J connectivity index is 1.31. The van der Waals surface area contributed by atoms with Crippen molar-refractivity contribution in [1.82, 2.24) is 5.32 Å². The number of halogens is 1. The number of hydrogen-bond acceptors (Lipinski definition) is 3. The van der Waals surface area contributed by atoms with Crippen LogP contribution in [0.2, 0.25) is 0 Å². The van der Waals surface area contributed by atoms with Crippen LogP contribution in [0, 0.1) is 5.82 Å². The van der Waals surface area contributed by atoms with Crippen LogP contribution in [-0.4, -0.2) is 23.7 Å². The molecule has 3 unspecified atom stereocenters. The molecule has 0 aliphatic carbocycles. The predicted molar refractivity (Wildman–Crippen MR) is 136 cm³/mol. The Morgan fingerprint density at radius 3 is 2.69 bits per heavy atom. The number of nitrogens with one attached hydrogen (secondary N) is 1. The van der Waals surface area contributed by atoms with Crippen LogP contribution in [0.25, 0.3) is 10.8 Å². The quantitative estimate of drug-likeness (QED) is 0.316. The molecule has 35 heavy (non-hydrogen) atoms. The maximum Gasteiger partial charge on any atom is 0.338 e. The van der Waals surface area contributed by atoms with Gasteiger partial charge in [-0.3, -0.25) is 0 Å². The van der Waals surface area contributed by atoms with Crippen LogP contribution in [0.15, 0.2) is 84.9 Å². The molecule has 0 saturated carbocycles. The van der Waals surface area contributed by atoms with Gasteiger partial charge in [-0.2, -0.15) is 0 Å². The van der Waals surface area contributed by atoms with Crippen molar-refractivity contribution in [2.24, 2.45) is 0 Å². The van der Waals surface area contributed by atoms with E-state index in [1.807, 2.05) is 24.3 Å². The van der Waals surface area contributed by atoms with E-state index < -0.39 is 11.8 Å². The van der Waals surface area contributed by atoms with Crippen LogP contribution in [-0.2, 0) is 0 Å². The fraction of sp³-hybridized carbons (Fsp3) is 0.233. The highest BCUT2D eigenvalue weighted by Crippen LogP contribution is 2.41. The lowest BCUT2D eigenvalue weighted by Gasteiger charge is -2.33. The van der Waals surface area contributed by atoms with Gasteiger partial charge in [0, 0.05) is 17.5 Å². The minimum Gasteiger partial charge on any atom is -0.490 e. The van der Waals surface area contributed by atoms with E-state index in [4.69, 9.17) is 4.74 Å². The molecule has 0 aromatic heterocycles. The molecule has 5 heteroatoms. The lowest BCUT2D eigenvalue weighted by atomic mass is 9.83. The number of rotatable bonds is 7. The minimum atomic E-state index is -1.26. The van der Waals surface area contributed by atoms with Crippen LogP contribution in [0.4, 0.5) is 4.39 Å². The number of aromatic carboxylic acids is 1. The Morgan fingerprint density at radius 1 is 1.06 bits per heavy atom. The number of hydrogen-bond donors (Lipinski definition) is 2. The van der Waals surface area contributed by atoms with Gasteiger partial charge in [-0.15, -0.1) is 0 Å². The summed E-state index contributed by atoms with van der Waals surface area (Å²) in [4.78, 5) is 11.5. The van der Waals surface area contributed by atoms with Crippen molar-refractivity contribution in [3.8, 4) is 5.75 Å². The second kappa shape index (κ2) is 9.88. The summed E-state index contributed by atoms with van der Waals surface area (Å²) in [5.41, 5.74) is 2.77. The minimum absolute atomic E-state index is 0.0413. The number of benzene rings is 4. The molecule has 4 nitrogen and oxygen atoms in total. The van der Waals surface area contributed by atoms with Crippen molar-refractivity contribution >= 4 is 16.7 Å². The highest BCUT2D eigenvalue weighted by atomic mass is 19.1. The smallest absolute Gasteiger partial charge is 0.338 e. The van der Waals surface area contributed by atoms with Gasteiger partial charge in [0.25, 0.3) is 0 Å². The Kier molecular flexibility index (Phi) is 6.51. The highest BCUT2D eigenvalue weighted by Gasteiger charge is 2.30. The number of carboxylic acids is 1. The average molecular weight is 470 g/mol. The van der Waals surface area contributed by atoms with Gasteiger partial charge < -0.3 is 15.2 Å². The number of carbonyl (C=O) groups is 1. The Labute approximate surface area is 204 Å². The molecule has 0 bridgehead atoms. The van der Waals surface area contributed by atoms with Crippen LogP contribution < -0.4 is 10.1 Å². The van der Waals surface area contributed by atoms with E-state index in [2.05, 4.69) is 54.7 Å². The summed E-state index contributed by atoms with van der Waals surface area (Å²) in [7, 11) is 0. The van der Waals surface area contributed by atoms with Gasteiger partial charge in [-0.1, -0.05) is 66.7 Å². The highest BCUT2D eigenvalue weighted by molar-refractivity contribution is 5.88. The van der Waals surface area contributed by atoms with Gasteiger partial charge in [0.2, 0.25) is 0 Å². The topological polar surface area (TPSA) is 58.6 Å². The van der Waals surface area contributed by atoms with E-state index in [1.54, 1.807) is 6.07 Å². The molecule has 4 aromatic rings. The Hall–Kier alpha value is -3.70. The summed E-state index contributed by atoms with van der Waals surface area (Å²) in [6.07, 6.45) is 1.46. The third kappa shape index (κ3) is 4.77. The first-order valence-electron chi connectivity index (χ1n) is 12.0. The Bertz CT molecular complexity index is 1360. The van der Waals surface area contributed by atoms with Gasteiger partial charge in [0.1, 0.15) is 17.7 Å².